The molecule has 0 radical (unpaired) electrons. The van der Waals surface area contributed by atoms with Crippen LogP contribution in [0.1, 0.15) is 67.3 Å². The highest BCUT2D eigenvalue weighted by atomic mass is 79.9. The van der Waals surface area contributed by atoms with Gasteiger partial charge < -0.3 is 0 Å². The summed E-state index contributed by atoms with van der Waals surface area (Å²) < 4.78 is 1.06. The van der Waals surface area contributed by atoms with Gasteiger partial charge in [0.15, 0.2) is 0 Å². The molecule has 0 N–H and O–H groups in total. The van der Waals surface area contributed by atoms with Gasteiger partial charge in [-0.3, -0.25) is 0 Å². The summed E-state index contributed by atoms with van der Waals surface area (Å²) in [7, 11) is 0. The van der Waals surface area contributed by atoms with Crippen LogP contribution in [0.4, 0.5) is 5.69 Å². The van der Waals surface area contributed by atoms with Gasteiger partial charge in [0, 0.05) is 15.6 Å². The van der Waals surface area contributed by atoms with E-state index in [0.29, 0.717) is 11.8 Å². The molecule has 2 heteroatoms. The third-order valence-corrected chi connectivity index (χ3v) is 5.48. The minimum Gasteiger partial charge on any atom is -0.247 e. The summed E-state index contributed by atoms with van der Waals surface area (Å²) in [4.78, 5) is 5.31. The van der Waals surface area contributed by atoms with Crippen molar-refractivity contribution in [2.45, 2.75) is 46.5 Å². The molecule has 144 valence electrons. The second-order valence-corrected chi connectivity index (χ2v) is 8.85. The van der Waals surface area contributed by atoms with Crippen LogP contribution in [-0.2, 0) is 0 Å². The van der Waals surface area contributed by atoms with E-state index in [9.17, 15) is 0 Å². The predicted molar refractivity (Wildman–Crippen MR) is 125 cm³/mol. The lowest BCUT2D eigenvalue weighted by atomic mass is 9.92. The van der Waals surface area contributed by atoms with Gasteiger partial charge in [-0.05, 0) is 42.0 Å². The molecule has 1 nitrogen and oxygen atoms in total. The second kappa shape index (κ2) is 8.87. The summed E-state index contributed by atoms with van der Waals surface area (Å²) in [6, 6.07) is 23.6. The molecule has 0 saturated heterocycles. The average Bonchev–Trinajstić information content (AvgIpc) is 2.66. The molecule has 3 aromatic carbocycles. The number of hydrogen-bond donors (Lipinski definition) is 0. The summed E-state index contributed by atoms with van der Waals surface area (Å²) in [6.07, 6.45) is 0. The average molecular weight is 434 g/mol. The molecular weight excluding hydrogens is 406 g/mol. The van der Waals surface area contributed by atoms with Crippen LogP contribution in [0.5, 0.6) is 0 Å². The molecule has 0 aliphatic carbocycles. The quantitative estimate of drug-likeness (QED) is 0.359. The van der Waals surface area contributed by atoms with E-state index in [1.165, 1.54) is 16.7 Å². The Morgan fingerprint density at radius 3 is 1.86 bits per heavy atom. The first-order valence-corrected chi connectivity index (χ1v) is 10.7. The largest absolute Gasteiger partial charge is 0.247 e. The van der Waals surface area contributed by atoms with Gasteiger partial charge in [0.2, 0.25) is 0 Å². The van der Waals surface area contributed by atoms with E-state index in [1.54, 1.807) is 0 Å². The monoisotopic (exact) mass is 433 g/mol. The van der Waals surface area contributed by atoms with E-state index in [4.69, 9.17) is 4.99 Å². The summed E-state index contributed by atoms with van der Waals surface area (Å²) in [6.45, 7) is 11.1. The molecule has 0 saturated carbocycles. The van der Waals surface area contributed by atoms with E-state index >= 15 is 0 Å². The fourth-order valence-corrected chi connectivity index (χ4v) is 3.79. The lowest BCUT2D eigenvalue weighted by molar-refractivity contribution is 0.834. The molecule has 0 aromatic heterocycles. The molecular formula is C26H28BrN. The lowest BCUT2D eigenvalue weighted by Crippen LogP contribution is -2.05. The zero-order valence-electron chi connectivity index (χ0n) is 17.3. The zero-order valence-corrected chi connectivity index (χ0v) is 18.9. The fourth-order valence-electron chi connectivity index (χ4n) is 3.40. The number of para-hydroxylation sites is 1. The highest BCUT2D eigenvalue weighted by Crippen LogP contribution is 2.36. The molecule has 28 heavy (non-hydrogen) atoms. The third kappa shape index (κ3) is 4.62. The molecule has 0 bridgehead atoms. The van der Waals surface area contributed by atoms with Gasteiger partial charge in [-0.15, -0.1) is 0 Å². The van der Waals surface area contributed by atoms with E-state index in [0.717, 1.165) is 27.0 Å². The standard InChI is InChI=1S/C26H28BrN/c1-17(2)23-10-7-11-24(18(3)4)26(23)28-25(20-14-12-19(5)13-15-20)21-8-6-9-22(27)16-21/h6-18H,1-5H3/b28-25-. The van der Waals surface area contributed by atoms with E-state index in [-0.39, 0.29) is 0 Å². The number of hydrogen-bond acceptors (Lipinski definition) is 1. The number of nitrogens with zero attached hydrogens (tertiary/aromatic N) is 1. The van der Waals surface area contributed by atoms with Crippen LogP contribution in [0.2, 0.25) is 0 Å². The van der Waals surface area contributed by atoms with Gasteiger partial charge >= 0.3 is 0 Å². The molecule has 0 amide bonds. The second-order valence-electron chi connectivity index (χ2n) is 7.93. The van der Waals surface area contributed by atoms with Gasteiger partial charge in [0.1, 0.15) is 0 Å². The van der Waals surface area contributed by atoms with Gasteiger partial charge in [0.05, 0.1) is 11.4 Å². The lowest BCUT2D eigenvalue weighted by Gasteiger charge is -2.18. The van der Waals surface area contributed by atoms with Crippen molar-refractivity contribution in [3.05, 3.63) is 99.0 Å². The van der Waals surface area contributed by atoms with Crippen LogP contribution in [0.25, 0.3) is 0 Å². The van der Waals surface area contributed by atoms with Crippen LogP contribution >= 0.6 is 15.9 Å². The van der Waals surface area contributed by atoms with Crippen molar-refractivity contribution in [2.24, 2.45) is 4.99 Å². The van der Waals surface area contributed by atoms with Gasteiger partial charge in [-0.2, -0.15) is 0 Å². The maximum Gasteiger partial charge on any atom is 0.0782 e. The maximum atomic E-state index is 5.31. The number of aryl methyl sites for hydroxylation is 1. The Morgan fingerprint density at radius 2 is 1.32 bits per heavy atom. The Kier molecular flexibility index (Phi) is 6.51. The fraction of sp³-hybridized carbons (Fsp3) is 0.269. The highest BCUT2D eigenvalue weighted by Gasteiger charge is 2.16. The van der Waals surface area contributed by atoms with E-state index in [1.807, 2.05) is 0 Å². The van der Waals surface area contributed by atoms with Crippen molar-refractivity contribution in [1.82, 2.24) is 0 Å². The number of aliphatic imine (C=N–C) groups is 1. The topological polar surface area (TPSA) is 12.4 Å². The van der Waals surface area contributed by atoms with Crippen LogP contribution < -0.4 is 0 Å². The first kappa shape index (κ1) is 20.5. The van der Waals surface area contributed by atoms with Crippen LogP contribution in [0, 0.1) is 6.92 Å². The predicted octanol–water partition coefficient (Wildman–Crippen LogP) is 8.17. The summed E-state index contributed by atoms with van der Waals surface area (Å²) in [5.74, 6) is 0.832. The van der Waals surface area contributed by atoms with Crippen LogP contribution in [0.15, 0.2) is 76.2 Å². The minimum absolute atomic E-state index is 0.416. The summed E-state index contributed by atoms with van der Waals surface area (Å²) in [5, 5.41) is 0. The van der Waals surface area contributed by atoms with Crippen molar-refractivity contribution in [1.29, 1.82) is 0 Å². The molecule has 3 aromatic rings. The molecule has 0 aliphatic heterocycles. The first-order chi connectivity index (χ1) is 13.4. The molecule has 3 rings (SSSR count). The number of halogens is 1. The van der Waals surface area contributed by atoms with E-state index in [2.05, 4.69) is 117 Å². The van der Waals surface area contributed by atoms with Crippen molar-refractivity contribution < 1.29 is 0 Å². The summed E-state index contributed by atoms with van der Waals surface area (Å²) >= 11 is 3.62. The van der Waals surface area contributed by atoms with Crippen LogP contribution in [0.3, 0.4) is 0 Å². The summed E-state index contributed by atoms with van der Waals surface area (Å²) in [5.41, 5.74) is 8.22. The molecule has 0 fully saturated rings. The van der Waals surface area contributed by atoms with Gasteiger partial charge in [0.25, 0.3) is 0 Å². The Labute approximate surface area is 177 Å². The highest BCUT2D eigenvalue weighted by molar-refractivity contribution is 9.10. The molecule has 0 spiro atoms. The Balaban J connectivity index is 2.30. The van der Waals surface area contributed by atoms with E-state index < -0.39 is 0 Å². The molecule has 0 aliphatic rings. The van der Waals surface area contributed by atoms with Crippen molar-refractivity contribution >= 4 is 27.3 Å². The van der Waals surface area contributed by atoms with Crippen molar-refractivity contribution in [3.63, 3.8) is 0 Å². The first-order valence-electron chi connectivity index (χ1n) is 9.91. The Morgan fingerprint density at radius 1 is 0.750 bits per heavy atom. The zero-order chi connectivity index (χ0) is 20.3. The smallest absolute Gasteiger partial charge is 0.0782 e. The number of benzene rings is 3. The van der Waals surface area contributed by atoms with Gasteiger partial charge in [-0.25, -0.2) is 4.99 Å². The normalized spacial score (nSPS) is 12.1. The SMILES string of the molecule is Cc1ccc(/C(=N/c2c(C(C)C)cccc2C(C)C)c2cccc(Br)c2)cc1. The maximum absolute atomic E-state index is 5.31. The third-order valence-electron chi connectivity index (χ3n) is 4.99. The van der Waals surface area contributed by atoms with Crippen molar-refractivity contribution in [2.75, 3.05) is 0 Å². The molecule has 0 heterocycles. The van der Waals surface area contributed by atoms with Crippen LogP contribution in [-0.4, -0.2) is 5.71 Å². The number of rotatable bonds is 5. The molecule has 0 atom stereocenters. The Bertz CT molecular complexity index is 955. The van der Waals surface area contributed by atoms with Crippen molar-refractivity contribution in [3.8, 4) is 0 Å². The Hall–Kier alpha value is -2.19. The molecule has 0 unspecified atom stereocenters. The minimum atomic E-state index is 0.416. The van der Waals surface area contributed by atoms with Gasteiger partial charge in [-0.1, -0.05) is 104 Å².